The van der Waals surface area contributed by atoms with E-state index >= 15 is 0 Å². The average Bonchev–Trinajstić information content (AvgIpc) is 2.77. The Bertz CT molecular complexity index is 367. The van der Waals surface area contributed by atoms with Crippen molar-refractivity contribution >= 4 is 10.1 Å². The summed E-state index contributed by atoms with van der Waals surface area (Å²) in [4.78, 5) is 0. The van der Waals surface area contributed by atoms with Crippen LogP contribution < -0.4 is 0 Å². The molecule has 96 valence electrons. The van der Waals surface area contributed by atoms with Gasteiger partial charge >= 0.3 is 6.18 Å². The maximum atomic E-state index is 12.5. The second-order valence-electron chi connectivity index (χ2n) is 4.39. The third-order valence-corrected chi connectivity index (χ3v) is 4.00. The first-order chi connectivity index (χ1) is 6.91. The van der Waals surface area contributed by atoms with E-state index in [2.05, 4.69) is 0 Å². The third-order valence-electron chi connectivity index (χ3n) is 3.28. The van der Waals surface area contributed by atoms with Crippen LogP contribution in [-0.2, 0) is 10.1 Å². The van der Waals surface area contributed by atoms with Gasteiger partial charge in [-0.2, -0.15) is 21.6 Å². The van der Waals surface area contributed by atoms with E-state index in [1.165, 1.54) is 0 Å². The SMILES string of the molecule is CC(O)(C(F)(F)F)C1(CCS(=O)(=O)O)CC1. The van der Waals surface area contributed by atoms with Crippen molar-refractivity contribution in [3.63, 3.8) is 0 Å². The zero-order valence-electron chi connectivity index (χ0n) is 8.58. The molecular weight excluding hydrogens is 249 g/mol. The first-order valence-electron chi connectivity index (χ1n) is 4.66. The molecular formula is C8H13F3O4S. The molecule has 4 nitrogen and oxygen atoms in total. The van der Waals surface area contributed by atoms with Gasteiger partial charge in [0.15, 0.2) is 5.60 Å². The molecule has 1 unspecified atom stereocenters. The highest BCUT2D eigenvalue weighted by molar-refractivity contribution is 7.85. The summed E-state index contributed by atoms with van der Waals surface area (Å²) < 4.78 is 67.0. The van der Waals surface area contributed by atoms with Gasteiger partial charge in [-0.05, 0) is 26.2 Å². The van der Waals surface area contributed by atoms with E-state index in [1.807, 2.05) is 0 Å². The van der Waals surface area contributed by atoms with Crippen molar-refractivity contribution in [2.75, 3.05) is 5.75 Å². The summed E-state index contributed by atoms with van der Waals surface area (Å²) in [5.41, 5.74) is -4.38. The van der Waals surface area contributed by atoms with Gasteiger partial charge in [-0.15, -0.1) is 0 Å². The van der Waals surface area contributed by atoms with Crippen molar-refractivity contribution in [2.24, 2.45) is 5.41 Å². The van der Waals surface area contributed by atoms with Crippen LogP contribution in [0.2, 0.25) is 0 Å². The van der Waals surface area contributed by atoms with Gasteiger partial charge in [-0.25, -0.2) is 0 Å². The second kappa shape index (κ2) is 3.58. The van der Waals surface area contributed by atoms with E-state index in [1.54, 1.807) is 0 Å². The minimum atomic E-state index is -4.80. The van der Waals surface area contributed by atoms with Crippen LogP contribution in [0, 0.1) is 5.41 Å². The number of halogens is 3. The van der Waals surface area contributed by atoms with Gasteiger partial charge < -0.3 is 5.11 Å². The van der Waals surface area contributed by atoms with Gasteiger partial charge in [0.1, 0.15) is 0 Å². The average molecular weight is 262 g/mol. The molecule has 0 saturated heterocycles. The lowest BCUT2D eigenvalue weighted by molar-refractivity contribution is -0.278. The summed E-state index contributed by atoms with van der Waals surface area (Å²) in [7, 11) is -4.30. The molecule has 16 heavy (non-hydrogen) atoms. The summed E-state index contributed by atoms with van der Waals surface area (Å²) in [6.45, 7) is 0.643. The Morgan fingerprint density at radius 1 is 1.31 bits per heavy atom. The molecule has 1 aliphatic carbocycles. The summed E-state index contributed by atoms with van der Waals surface area (Å²) in [6, 6.07) is 0. The maximum Gasteiger partial charge on any atom is 0.417 e. The van der Waals surface area contributed by atoms with Crippen LogP contribution in [0.3, 0.4) is 0 Å². The smallest absolute Gasteiger partial charge is 0.380 e. The van der Waals surface area contributed by atoms with E-state index < -0.39 is 39.5 Å². The lowest BCUT2D eigenvalue weighted by atomic mass is 9.83. The van der Waals surface area contributed by atoms with Crippen molar-refractivity contribution < 1.29 is 31.2 Å². The van der Waals surface area contributed by atoms with Crippen LogP contribution in [0.4, 0.5) is 13.2 Å². The number of alkyl halides is 3. The zero-order valence-corrected chi connectivity index (χ0v) is 9.40. The van der Waals surface area contributed by atoms with Gasteiger partial charge in [0.2, 0.25) is 0 Å². The number of hydrogen-bond acceptors (Lipinski definition) is 3. The highest BCUT2D eigenvalue weighted by atomic mass is 32.2. The van der Waals surface area contributed by atoms with E-state index in [-0.39, 0.29) is 12.8 Å². The molecule has 0 amide bonds. The minimum Gasteiger partial charge on any atom is -0.380 e. The van der Waals surface area contributed by atoms with Gasteiger partial charge in [-0.1, -0.05) is 0 Å². The summed E-state index contributed by atoms with van der Waals surface area (Å²) in [6.07, 6.45) is -4.98. The third kappa shape index (κ3) is 2.49. The quantitative estimate of drug-likeness (QED) is 0.750. The Hall–Kier alpha value is -0.340. The van der Waals surface area contributed by atoms with Gasteiger partial charge in [0.05, 0.1) is 5.75 Å². The summed E-state index contributed by atoms with van der Waals surface area (Å²) in [5.74, 6) is -0.765. The molecule has 0 aromatic heterocycles. The summed E-state index contributed by atoms with van der Waals surface area (Å²) >= 11 is 0. The van der Waals surface area contributed by atoms with Crippen LogP contribution in [0.5, 0.6) is 0 Å². The number of hydrogen-bond donors (Lipinski definition) is 2. The van der Waals surface area contributed by atoms with Crippen LogP contribution >= 0.6 is 0 Å². The van der Waals surface area contributed by atoms with Crippen molar-refractivity contribution in [1.29, 1.82) is 0 Å². The van der Waals surface area contributed by atoms with E-state index in [0.717, 1.165) is 0 Å². The fraction of sp³-hybridized carbons (Fsp3) is 1.00. The first kappa shape index (κ1) is 13.7. The predicted molar refractivity (Wildman–Crippen MR) is 49.4 cm³/mol. The lowest BCUT2D eigenvalue weighted by Crippen LogP contribution is -2.50. The van der Waals surface area contributed by atoms with Crippen molar-refractivity contribution in [2.45, 2.75) is 38.0 Å². The van der Waals surface area contributed by atoms with Crippen molar-refractivity contribution in [3.8, 4) is 0 Å². The molecule has 0 aromatic carbocycles. The van der Waals surface area contributed by atoms with Crippen molar-refractivity contribution in [1.82, 2.24) is 0 Å². The molecule has 1 atom stereocenters. The van der Waals surface area contributed by atoms with Gasteiger partial charge in [0.25, 0.3) is 10.1 Å². The molecule has 8 heteroatoms. The van der Waals surface area contributed by atoms with Crippen LogP contribution in [0.1, 0.15) is 26.2 Å². The standard InChI is InChI=1S/C8H13F3O4S/c1-6(12,8(9,10)11)7(2-3-7)4-5-16(13,14)15/h12H,2-5H2,1H3,(H,13,14,15). The Balaban J connectivity index is 2.80. The number of rotatable bonds is 4. The largest absolute Gasteiger partial charge is 0.417 e. The molecule has 1 rings (SSSR count). The first-order valence-corrected chi connectivity index (χ1v) is 6.26. The number of aliphatic hydroxyl groups is 1. The second-order valence-corrected chi connectivity index (χ2v) is 5.96. The normalized spacial score (nSPS) is 23.9. The molecule has 1 aliphatic rings. The van der Waals surface area contributed by atoms with Crippen molar-refractivity contribution in [3.05, 3.63) is 0 Å². The van der Waals surface area contributed by atoms with Gasteiger partial charge in [-0.3, -0.25) is 4.55 Å². The maximum absolute atomic E-state index is 12.5. The molecule has 1 saturated carbocycles. The van der Waals surface area contributed by atoms with Crippen LogP contribution in [-0.4, -0.2) is 35.6 Å². The minimum absolute atomic E-state index is 0.106. The lowest BCUT2D eigenvalue weighted by Gasteiger charge is -2.34. The Labute approximate surface area is 91.2 Å². The Kier molecular flexibility index (Phi) is 3.07. The predicted octanol–water partition coefficient (Wildman–Crippen LogP) is 1.36. The highest BCUT2D eigenvalue weighted by Gasteiger charge is 2.67. The Morgan fingerprint density at radius 3 is 2.00 bits per heavy atom. The monoisotopic (exact) mass is 262 g/mol. The molecule has 2 N–H and O–H groups in total. The van der Waals surface area contributed by atoms with Gasteiger partial charge in [0, 0.05) is 5.41 Å². The topological polar surface area (TPSA) is 74.6 Å². The molecule has 0 radical (unpaired) electrons. The molecule has 0 aliphatic heterocycles. The molecule has 0 heterocycles. The Morgan fingerprint density at radius 2 is 1.75 bits per heavy atom. The molecule has 0 bridgehead atoms. The fourth-order valence-corrected chi connectivity index (χ4v) is 2.40. The van der Waals surface area contributed by atoms with E-state index in [9.17, 15) is 26.7 Å². The molecule has 0 spiro atoms. The zero-order chi connectivity index (χ0) is 12.8. The summed E-state index contributed by atoms with van der Waals surface area (Å²) in [5, 5.41) is 9.44. The van der Waals surface area contributed by atoms with E-state index in [0.29, 0.717) is 6.92 Å². The highest BCUT2D eigenvalue weighted by Crippen LogP contribution is 2.61. The van der Waals surface area contributed by atoms with E-state index in [4.69, 9.17) is 4.55 Å². The van der Waals surface area contributed by atoms with Crippen LogP contribution in [0.25, 0.3) is 0 Å². The fourth-order valence-electron chi connectivity index (χ4n) is 1.76. The van der Waals surface area contributed by atoms with Crippen LogP contribution in [0.15, 0.2) is 0 Å². The molecule has 1 fully saturated rings. The molecule has 0 aromatic rings.